The van der Waals surface area contributed by atoms with Crippen molar-refractivity contribution in [1.82, 2.24) is 10.3 Å². The topological polar surface area (TPSA) is 34.2 Å². The van der Waals surface area contributed by atoms with Crippen LogP contribution in [0.3, 0.4) is 0 Å². The second kappa shape index (κ2) is 5.72. The SMILES string of the molecule is Brc1ccc2c(c1)CC(CNCc1ccccn1)O2. The molecule has 0 saturated heterocycles. The van der Waals surface area contributed by atoms with E-state index >= 15 is 0 Å². The Morgan fingerprint density at radius 2 is 2.26 bits per heavy atom. The summed E-state index contributed by atoms with van der Waals surface area (Å²) in [6.07, 6.45) is 2.99. The van der Waals surface area contributed by atoms with Gasteiger partial charge in [-0.25, -0.2) is 0 Å². The van der Waals surface area contributed by atoms with Crippen LogP contribution in [-0.2, 0) is 13.0 Å². The van der Waals surface area contributed by atoms with E-state index in [0.717, 1.165) is 35.4 Å². The Morgan fingerprint density at radius 1 is 1.32 bits per heavy atom. The van der Waals surface area contributed by atoms with Crippen LogP contribution in [0.15, 0.2) is 47.1 Å². The summed E-state index contributed by atoms with van der Waals surface area (Å²) in [5, 5.41) is 3.39. The molecular weight excluding hydrogens is 304 g/mol. The zero-order valence-corrected chi connectivity index (χ0v) is 12.1. The molecule has 0 radical (unpaired) electrons. The monoisotopic (exact) mass is 318 g/mol. The van der Waals surface area contributed by atoms with Crippen molar-refractivity contribution in [3.05, 3.63) is 58.3 Å². The number of hydrogen-bond acceptors (Lipinski definition) is 3. The first kappa shape index (κ1) is 12.6. The average Bonchev–Trinajstić information content (AvgIpc) is 2.82. The summed E-state index contributed by atoms with van der Waals surface area (Å²) in [5.41, 5.74) is 2.33. The molecule has 1 atom stereocenters. The fraction of sp³-hybridized carbons (Fsp3) is 0.267. The zero-order valence-electron chi connectivity index (χ0n) is 10.5. The molecule has 1 aromatic heterocycles. The van der Waals surface area contributed by atoms with Crippen LogP contribution in [0, 0.1) is 0 Å². The smallest absolute Gasteiger partial charge is 0.123 e. The maximum Gasteiger partial charge on any atom is 0.123 e. The van der Waals surface area contributed by atoms with Crippen molar-refractivity contribution in [1.29, 1.82) is 0 Å². The lowest BCUT2D eigenvalue weighted by atomic mass is 10.1. The van der Waals surface area contributed by atoms with Crippen molar-refractivity contribution in [2.75, 3.05) is 6.54 Å². The number of benzene rings is 1. The molecular formula is C15H15BrN2O. The number of fused-ring (bicyclic) bond motifs is 1. The minimum atomic E-state index is 0.216. The first-order chi connectivity index (χ1) is 9.31. The molecule has 0 spiro atoms. The van der Waals surface area contributed by atoms with Crippen LogP contribution >= 0.6 is 15.9 Å². The van der Waals surface area contributed by atoms with E-state index in [2.05, 4.69) is 32.3 Å². The predicted octanol–water partition coefficient (Wildman–Crippen LogP) is 2.94. The van der Waals surface area contributed by atoms with E-state index < -0.39 is 0 Å². The third-order valence-electron chi connectivity index (χ3n) is 3.17. The molecule has 2 heterocycles. The van der Waals surface area contributed by atoms with Crippen LogP contribution in [0.1, 0.15) is 11.3 Å². The van der Waals surface area contributed by atoms with Gasteiger partial charge in [0.2, 0.25) is 0 Å². The van der Waals surface area contributed by atoms with Crippen LogP contribution in [0.2, 0.25) is 0 Å². The third kappa shape index (κ3) is 3.14. The summed E-state index contributed by atoms with van der Waals surface area (Å²) < 4.78 is 7.00. The van der Waals surface area contributed by atoms with Crippen LogP contribution in [0.25, 0.3) is 0 Å². The van der Waals surface area contributed by atoms with E-state index in [1.807, 2.05) is 36.5 Å². The Kier molecular flexibility index (Phi) is 3.80. The molecule has 1 aromatic carbocycles. The average molecular weight is 319 g/mol. The minimum Gasteiger partial charge on any atom is -0.488 e. The first-order valence-corrected chi connectivity index (χ1v) is 7.16. The molecule has 0 saturated carbocycles. The Hall–Kier alpha value is -1.39. The number of halogens is 1. The maximum absolute atomic E-state index is 5.90. The predicted molar refractivity (Wildman–Crippen MR) is 78.2 cm³/mol. The molecule has 1 aliphatic heterocycles. The Balaban J connectivity index is 1.51. The summed E-state index contributed by atoms with van der Waals surface area (Å²) in [6, 6.07) is 12.1. The van der Waals surface area contributed by atoms with Crippen molar-refractivity contribution < 1.29 is 4.74 Å². The van der Waals surface area contributed by atoms with Crippen LogP contribution in [0.5, 0.6) is 5.75 Å². The standard InChI is InChI=1S/C15H15BrN2O/c16-12-4-5-15-11(7-12)8-14(19-15)10-17-9-13-3-1-2-6-18-13/h1-7,14,17H,8-10H2. The molecule has 0 bridgehead atoms. The minimum absolute atomic E-state index is 0.216. The molecule has 1 N–H and O–H groups in total. The van der Waals surface area contributed by atoms with E-state index in [1.54, 1.807) is 0 Å². The van der Waals surface area contributed by atoms with Gasteiger partial charge in [0.15, 0.2) is 0 Å². The zero-order chi connectivity index (χ0) is 13.1. The van der Waals surface area contributed by atoms with Gasteiger partial charge >= 0.3 is 0 Å². The molecule has 2 aromatic rings. The number of nitrogens with zero attached hydrogens (tertiary/aromatic N) is 1. The van der Waals surface area contributed by atoms with Gasteiger partial charge in [-0.05, 0) is 35.9 Å². The Morgan fingerprint density at radius 3 is 3.11 bits per heavy atom. The lowest BCUT2D eigenvalue weighted by Crippen LogP contribution is -2.29. The van der Waals surface area contributed by atoms with Crippen molar-refractivity contribution in [2.24, 2.45) is 0 Å². The highest BCUT2D eigenvalue weighted by atomic mass is 79.9. The molecule has 3 nitrogen and oxygen atoms in total. The van der Waals surface area contributed by atoms with E-state index in [-0.39, 0.29) is 6.10 Å². The van der Waals surface area contributed by atoms with Gasteiger partial charge in [0.25, 0.3) is 0 Å². The molecule has 98 valence electrons. The fourth-order valence-corrected chi connectivity index (χ4v) is 2.68. The fourth-order valence-electron chi connectivity index (χ4n) is 2.27. The summed E-state index contributed by atoms with van der Waals surface area (Å²) in [7, 11) is 0. The van der Waals surface area contributed by atoms with Crippen molar-refractivity contribution >= 4 is 15.9 Å². The molecule has 3 rings (SSSR count). The molecule has 0 fully saturated rings. The number of aromatic nitrogens is 1. The maximum atomic E-state index is 5.90. The summed E-state index contributed by atoms with van der Waals surface area (Å²) >= 11 is 3.49. The van der Waals surface area contributed by atoms with Crippen molar-refractivity contribution in [2.45, 2.75) is 19.1 Å². The number of ether oxygens (including phenoxy) is 1. The highest BCUT2D eigenvalue weighted by molar-refractivity contribution is 9.10. The quantitative estimate of drug-likeness (QED) is 0.941. The van der Waals surface area contributed by atoms with Crippen molar-refractivity contribution in [3.63, 3.8) is 0 Å². The molecule has 19 heavy (non-hydrogen) atoms. The highest BCUT2D eigenvalue weighted by Crippen LogP contribution is 2.30. The van der Waals surface area contributed by atoms with Gasteiger partial charge in [-0.2, -0.15) is 0 Å². The van der Waals surface area contributed by atoms with Gasteiger partial charge in [0.05, 0.1) is 5.69 Å². The van der Waals surface area contributed by atoms with E-state index in [1.165, 1.54) is 5.56 Å². The third-order valence-corrected chi connectivity index (χ3v) is 3.66. The van der Waals surface area contributed by atoms with E-state index in [4.69, 9.17) is 4.74 Å². The summed E-state index contributed by atoms with van der Waals surface area (Å²) in [6.45, 7) is 1.61. The summed E-state index contributed by atoms with van der Waals surface area (Å²) in [4.78, 5) is 4.28. The van der Waals surface area contributed by atoms with Gasteiger partial charge in [0.1, 0.15) is 11.9 Å². The number of rotatable bonds is 4. The second-order valence-electron chi connectivity index (χ2n) is 4.65. The van der Waals surface area contributed by atoms with Crippen molar-refractivity contribution in [3.8, 4) is 5.75 Å². The lowest BCUT2D eigenvalue weighted by Gasteiger charge is -2.11. The lowest BCUT2D eigenvalue weighted by molar-refractivity contribution is 0.227. The molecule has 0 aliphatic carbocycles. The largest absolute Gasteiger partial charge is 0.488 e. The van der Waals surface area contributed by atoms with E-state index in [9.17, 15) is 0 Å². The normalized spacial score (nSPS) is 17.0. The first-order valence-electron chi connectivity index (χ1n) is 6.37. The number of hydrogen-bond donors (Lipinski definition) is 1. The molecule has 0 amide bonds. The van der Waals surface area contributed by atoms with Gasteiger partial charge in [-0.1, -0.05) is 22.0 Å². The molecule has 4 heteroatoms. The van der Waals surface area contributed by atoms with Gasteiger partial charge in [-0.3, -0.25) is 4.98 Å². The van der Waals surface area contributed by atoms with Crippen LogP contribution < -0.4 is 10.1 Å². The van der Waals surface area contributed by atoms with E-state index in [0.29, 0.717) is 0 Å². The Bertz CT molecular complexity index is 559. The molecule has 1 aliphatic rings. The highest BCUT2D eigenvalue weighted by Gasteiger charge is 2.22. The molecule has 1 unspecified atom stereocenters. The van der Waals surface area contributed by atoms with Crippen LogP contribution in [0.4, 0.5) is 0 Å². The van der Waals surface area contributed by atoms with Gasteiger partial charge in [-0.15, -0.1) is 0 Å². The second-order valence-corrected chi connectivity index (χ2v) is 5.56. The van der Waals surface area contributed by atoms with Gasteiger partial charge in [0, 0.05) is 30.2 Å². The number of nitrogens with one attached hydrogen (secondary N) is 1. The van der Waals surface area contributed by atoms with Crippen LogP contribution in [-0.4, -0.2) is 17.6 Å². The van der Waals surface area contributed by atoms with Gasteiger partial charge < -0.3 is 10.1 Å². The number of pyridine rings is 1. The Labute approximate surface area is 121 Å². The summed E-state index contributed by atoms with van der Waals surface area (Å²) in [5.74, 6) is 1.01.